The summed E-state index contributed by atoms with van der Waals surface area (Å²) in [6.45, 7) is 10.6. The van der Waals surface area contributed by atoms with E-state index in [2.05, 4.69) is 43.9 Å². The molecule has 0 N–H and O–H groups in total. The zero-order chi connectivity index (χ0) is 22.0. The minimum absolute atomic E-state index is 0.0314. The third-order valence-corrected chi connectivity index (χ3v) is 6.01. The fraction of sp³-hybridized carbons (Fsp3) is 0.360. The van der Waals surface area contributed by atoms with Crippen molar-refractivity contribution in [1.29, 1.82) is 0 Å². The van der Waals surface area contributed by atoms with E-state index in [-0.39, 0.29) is 5.91 Å². The van der Waals surface area contributed by atoms with Crippen LogP contribution in [0.25, 0.3) is 16.9 Å². The van der Waals surface area contributed by atoms with Gasteiger partial charge in [0.1, 0.15) is 11.4 Å². The molecule has 1 aromatic heterocycles. The molecule has 3 aromatic rings. The Morgan fingerprint density at radius 2 is 1.71 bits per heavy atom. The number of ether oxygens (including phenoxy) is 1. The Balaban J connectivity index is 1.75. The van der Waals surface area contributed by atoms with Crippen molar-refractivity contribution in [2.24, 2.45) is 0 Å². The van der Waals surface area contributed by atoms with E-state index in [4.69, 9.17) is 9.84 Å². The lowest BCUT2D eigenvalue weighted by molar-refractivity contribution is 0.0634. The molecule has 0 bridgehead atoms. The molecule has 31 heavy (non-hydrogen) atoms. The van der Waals surface area contributed by atoms with Crippen molar-refractivity contribution < 1.29 is 9.53 Å². The third-order valence-electron chi connectivity index (χ3n) is 6.01. The molecule has 162 valence electrons. The number of hydrogen-bond acceptors (Lipinski definition) is 4. The maximum absolute atomic E-state index is 13.6. The van der Waals surface area contributed by atoms with Crippen LogP contribution in [0.4, 0.5) is 0 Å². The molecule has 0 radical (unpaired) electrons. The Morgan fingerprint density at radius 1 is 1.00 bits per heavy atom. The van der Waals surface area contributed by atoms with E-state index in [1.54, 1.807) is 7.11 Å². The number of piperazine rings is 1. The predicted octanol–water partition coefficient (Wildman–Crippen LogP) is 3.94. The van der Waals surface area contributed by atoms with Crippen molar-refractivity contribution in [3.8, 4) is 22.7 Å². The van der Waals surface area contributed by atoms with Crippen LogP contribution in [0, 0.1) is 13.8 Å². The molecule has 1 aliphatic rings. The number of carbonyl (C=O) groups is 1. The summed E-state index contributed by atoms with van der Waals surface area (Å²) in [5.74, 6) is 0.826. The number of methoxy groups -OCH3 is 1. The van der Waals surface area contributed by atoms with Gasteiger partial charge in [-0.15, -0.1) is 0 Å². The van der Waals surface area contributed by atoms with Crippen molar-refractivity contribution >= 4 is 5.91 Å². The van der Waals surface area contributed by atoms with E-state index in [1.165, 1.54) is 0 Å². The number of carbonyl (C=O) groups excluding carboxylic acids is 1. The summed E-state index contributed by atoms with van der Waals surface area (Å²) in [5, 5.41) is 4.87. The van der Waals surface area contributed by atoms with Gasteiger partial charge in [0.15, 0.2) is 0 Å². The van der Waals surface area contributed by atoms with Gasteiger partial charge in [-0.1, -0.05) is 19.1 Å². The second-order valence-corrected chi connectivity index (χ2v) is 8.07. The van der Waals surface area contributed by atoms with Crippen LogP contribution < -0.4 is 4.74 Å². The van der Waals surface area contributed by atoms with Gasteiger partial charge in [-0.25, -0.2) is 4.68 Å². The maximum atomic E-state index is 13.6. The van der Waals surface area contributed by atoms with Crippen LogP contribution in [0.15, 0.2) is 48.5 Å². The molecule has 0 atom stereocenters. The summed E-state index contributed by atoms with van der Waals surface area (Å²) in [6.07, 6.45) is 0. The van der Waals surface area contributed by atoms with Crippen LogP contribution in [0.5, 0.6) is 5.75 Å². The van der Waals surface area contributed by atoms with E-state index in [0.29, 0.717) is 5.69 Å². The van der Waals surface area contributed by atoms with Crippen molar-refractivity contribution in [2.75, 3.05) is 39.8 Å². The average molecular weight is 419 g/mol. The highest BCUT2D eigenvalue weighted by atomic mass is 16.5. The van der Waals surface area contributed by atoms with E-state index < -0.39 is 0 Å². The fourth-order valence-corrected chi connectivity index (χ4v) is 4.00. The second kappa shape index (κ2) is 8.94. The SMILES string of the molecule is CCN1CCN(C(=O)c2cc(-c3ccc(OC)cc3)nn2-c2cc(C)ccc2C)CC1. The first-order valence-corrected chi connectivity index (χ1v) is 10.8. The molecule has 1 saturated heterocycles. The van der Waals surface area contributed by atoms with E-state index >= 15 is 0 Å². The lowest BCUT2D eigenvalue weighted by atomic mass is 10.1. The van der Waals surface area contributed by atoms with E-state index in [0.717, 1.165) is 66.5 Å². The van der Waals surface area contributed by atoms with Crippen LogP contribution >= 0.6 is 0 Å². The van der Waals surface area contributed by atoms with Gasteiger partial charge in [0, 0.05) is 31.7 Å². The van der Waals surface area contributed by atoms with Gasteiger partial charge in [0.05, 0.1) is 18.5 Å². The van der Waals surface area contributed by atoms with Crippen molar-refractivity contribution in [3.63, 3.8) is 0 Å². The highest BCUT2D eigenvalue weighted by Gasteiger charge is 2.26. The monoisotopic (exact) mass is 418 g/mol. The highest BCUT2D eigenvalue weighted by molar-refractivity contribution is 5.94. The number of aromatic nitrogens is 2. The van der Waals surface area contributed by atoms with Crippen LogP contribution in [-0.4, -0.2) is 65.3 Å². The number of rotatable bonds is 5. The minimum Gasteiger partial charge on any atom is -0.497 e. The average Bonchev–Trinajstić information content (AvgIpc) is 3.25. The molecular formula is C25H30N4O2. The number of likely N-dealkylation sites (N-methyl/N-ethyl adjacent to an activating group) is 1. The van der Waals surface area contributed by atoms with Crippen LogP contribution in [-0.2, 0) is 0 Å². The van der Waals surface area contributed by atoms with Crippen LogP contribution in [0.3, 0.4) is 0 Å². The van der Waals surface area contributed by atoms with Gasteiger partial charge in [0.25, 0.3) is 5.91 Å². The summed E-state index contributed by atoms with van der Waals surface area (Å²) < 4.78 is 7.09. The van der Waals surface area contributed by atoms with Crippen molar-refractivity contribution in [3.05, 3.63) is 65.4 Å². The Kier molecular flexibility index (Phi) is 6.09. The number of hydrogen-bond donors (Lipinski definition) is 0. The van der Waals surface area contributed by atoms with Gasteiger partial charge < -0.3 is 14.5 Å². The van der Waals surface area contributed by atoms with E-state index in [9.17, 15) is 4.79 Å². The van der Waals surface area contributed by atoms with Gasteiger partial charge >= 0.3 is 0 Å². The zero-order valence-electron chi connectivity index (χ0n) is 18.8. The topological polar surface area (TPSA) is 50.6 Å². The molecule has 0 unspecified atom stereocenters. The van der Waals surface area contributed by atoms with Crippen LogP contribution in [0.1, 0.15) is 28.5 Å². The largest absolute Gasteiger partial charge is 0.497 e. The highest BCUT2D eigenvalue weighted by Crippen LogP contribution is 2.26. The van der Waals surface area contributed by atoms with Gasteiger partial charge in [-0.2, -0.15) is 5.10 Å². The molecule has 1 fully saturated rings. The molecular weight excluding hydrogens is 388 g/mol. The summed E-state index contributed by atoms with van der Waals surface area (Å²) in [4.78, 5) is 17.9. The molecule has 0 saturated carbocycles. The normalized spacial score (nSPS) is 14.6. The van der Waals surface area contributed by atoms with Gasteiger partial charge in [-0.05, 0) is 67.9 Å². The van der Waals surface area contributed by atoms with Crippen molar-refractivity contribution in [1.82, 2.24) is 19.6 Å². The van der Waals surface area contributed by atoms with Gasteiger partial charge in [-0.3, -0.25) is 4.79 Å². The number of aryl methyl sites for hydroxylation is 2. The third kappa shape index (κ3) is 4.35. The van der Waals surface area contributed by atoms with Crippen molar-refractivity contribution in [2.45, 2.75) is 20.8 Å². The molecule has 1 aliphatic heterocycles. The summed E-state index contributed by atoms with van der Waals surface area (Å²) in [5.41, 5.74) is 5.49. The molecule has 6 nitrogen and oxygen atoms in total. The molecule has 0 aliphatic carbocycles. The summed E-state index contributed by atoms with van der Waals surface area (Å²) >= 11 is 0. The number of nitrogens with zero attached hydrogens (tertiary/aromatic N) is 4. The summed E-state index contributed by atoms with van der Waals surface area (Å²) in [6, 6.07) is 15.9. The Bertz CT molecular complexity index is 1060. The Morgan fingerprint density at radius 3 is 2.35 bits per heavy atom. The zero-order valence-corrected chi connectivity index (χ0v) is 18.8. The molecule has 6 heteroatoms. The first-order valence-electron chi connectivity index (χ1n) is 10.8. The first-order chi connectivity index (χ1) is 15.0. The van der Waals surface area contributed by atoms with E-state index in [1.807, 2.05) is 39.9 Å². The standard InChI is InChI=1S/C25H30N4O2/c1-5-27-12-14-28(15-13-27)25(30)24-17-22(20-8-10-21(31-4)11-9-20)26-29(24)23-16-18(2)6-7-19(23)3/h6-11,16-17H,5,12-15H2,1-4H3. The molecule has 1 amide bonds. The summed E-state index contributed by atoms with van der Waals surface area (Å²) in [7, 11) is 1.65. The Labute approximate surface area is 184 Å². The molecule has 2 heterocycles. The predicted molar refractivity (Wildman–Crippen MR) is 123 cm³/mol. The number of benzene rings is 2. The Hall–Kier alpha value is -3.12. The number of amides is 1. The molecule has 2 aromatic carbocycles. The first kappa shape index (κ1) is 21.1. The van der Waals surface area contributed by atoms with Gasteiger partial charge in [0.2, 0.25) is 0 Å². The minimum atomic E-state index is 0.0314. The second-order valence-electron chi connectivity index (χ2n) is 8.07. The smallest absolute Gasteiger partial charge is 0.272 e. The lowest BCUT2D eigenvalue weighted by Gasteiger charge is -2.34. The fourth-order valence-electron chi connectivity index (χ4n) is 4.00. The quantitative estimate of drug-likeness (QED) is 0.630. The molecule has 4 rings (SSSR count). The molecule has 0 spiro atoms. The lowest BCUT2D eigenvalue weighted by Crippen LogP contribution is -2.48. The maximum Gasteiger partial charge on any atom is 0.272 e. The van der Waals surface area contributed by atoms with Crippen LogP contribution in [0.2, 0.25) is 0 Å².